The number of alkyl halides is 3. The lowest BCUT2D eigenvalue weighted by Gasteiger charge is -2.08. The SMILES string of the molecule is Cc1cc(C(=O)CCCl)cc(C)c1Br.Cc1ccc(C(=O)CCCl)c(C)c1Br.Cc1cccc(C)c1Br.O=C(Cl)CCCl.S=C=S.[Cl][Al]([Cl])[Cl]. The first-order valence-electron chi connectivity index (χ1n) is 14.4. The van der Waals surface area contributed by atoms with Crippen LogP contribution in [0.2, 0.25) is 0 Å². The van der Waals surface area contributed by atoms with Crippen molar-refractivity contribution in [1.29, 1.82) is 0 Å². The third kappa shape index (κ3) is 26.6. The molecule has 0 aliphatic heterocycles. The Kier molecular flexibility index (Phi) is 36.7. The van der Waals surface area contributed by atoms with Crippen molar-refractivity contribution in [3.8, 4) is 0 Å². The van der Waals surface area contributed by atoms with Crippen molar-refractivity contribution in [3.63, 3.8) is 0 Å². The fourth-order valence-corrected chi connectivity index (χ4v) is 5.09. The molecule has 0 N–H and O–H groups in total. The maximum absolute atomic E-state index is 11.6. The van der Waals surface area contributed by atoms with E-state index in [0.717, 1.165) is 42.3 Å². The minimum absolute atomic E-state index is 0.109. The molecule has 0 radical (unpaired) electrons. The average molecular weight is 1070 g/mol. The second-order valence-corrected chi connectivity index (χ2v) is 20.9. The number of rotatable bonds is 8. The van der Waals surface area contributed by atoms with E-state index >= 15 is 0 Å². The molecular formula is C34H37AlBr3Cl7O3S2. The monoisotopic (exact) mass is 1070 g/mol. The summed E-state index contributed by atoms with van der Waals surface area (Å²) in [5.74, 6) is 1.30. The van der Waals surface area contributed by atoms with E-state index in [1.807, 2.05) is 56.3 Å². The molecule has 3 aromatic carbocycles. The van der Waals surface area contributed by atoms with Crippen molar-refractivity contribution >= 4 is 181 Å². The molecule has 0 amide bonds. The quantitative estimate of drug-likeness (QED) is 0.0740. The van der Waals surface area contributed by atoms with Crippen LogP contribution in [0.3, 0.4) is 0 Å². The van der Waals surface area contributed by atoms with Gasteiger partial charge in [-0.15, -0.1) is 34.8 Å². The molecule has 50 heavy (non-hydrogen) atoms. The van der Waals surface area contributed by atoms with Crippen LogP contribution in [0.15, 0.2) is 55.9 Å². The minimum Gasteiger partial charge on any atom is -0.294 e. The van der Waals surface area contributed by atoms with Gasteiger partial charge < -0.3 is 0 Å². The Labute approximate surface area is 370 Å². The highest BCUT2D eigenvalue weighted by molar-refractivity contribution is 9.11. The predicted octanol–water partition coefficient (Wildman–Crippen LogP) is 14.9. The highest BCUT2D eigenvalue weighted by Gasteiger charge is 2.11. The van der Waals surface area contributed by atoms with Crippen LogP contribution in [0.4, 0.5) is 0 Å². The molecule has 0 aliphatic rings. The van der Waals surface area contributed by atoms with Gasteiger partial charge in [-0.25, -0.2) is 30.1 Å². The Morgan fingerprint density at radius 2 is 1.00 bits per heavy atom. The molecule has 0 unspecified atom stereocenters. The fraction of sp³-hybridized carbons (Fsp3) is 0.353. The molecule has 0 saturated carbocycles. The number of ketones is 2. The third-order valence-corrected chi connectivity index (χ3v) is 10.4. The van der Waals surface area contributed by atoms with Gasteiger partial charge in [-0.05, 0) is 123 Å². The topological polar surface area (TPSA) is 51.2 Å². The van der Waals surface area contributed by atoms with E-state index in [1.165, 1.54) is 15.6 Å². The molecule has 276 valence electrons. The van der Waals surface area contributed by atoms with E-state index in [9.17, 15) is 14.4 Å². The van der Waals surface area contributed by atoms with E-state index in [1.54, 1.807) is 0 Å². The van der Waals surface area contributed by atoms with Gasteiger partial charge in [0.2, 0.25) is 5.24 Å². The van der Waals surface area contributed by atoms with Crippen LogP contribution in [0.5, 0.6) is 0 Å². The van der Waals surface area contributed by atoms with Crippen LogP contribution in [0.25, 0.3) is 0 Å². The van der Waals surface area contributed by atoms with Gasteiger partial charge in [-0.1, -0.05) is 78.1 Å². The number of Topliss-reactive ketones (excluding diaryl/α,β-unsaturated/α-hetero) is 2. The van der Waals surface area contributed by atoms with Crippen molar-refractivity contribution in [2.75, 3.05) is 17.6 Å². The van der Waals surface area contributed by atoms with Crippen molar-refractivity contribution < 1.29 is 14.4 Å². The van der Waals surface area contributed by atoms with Gasteiger partial charge in [0.15, 0.2) is 11.6 Å². The Balaban J connectivity index is -0.000000573. The van der Waals surface area contributed by atoms with Gasteiger partial charge in [0.1, 0.15) is 0 Å². The Morgan fingerprint density at radius 1 is 0.640 bits per heavy atom. The summed E-state index contributed by atoms with van der Waals surface area (Å²) in [5.41, 5.74) is 8.44. The van der Waals surface area contributed by atoms with Crippen LogP contribution in [-0.4, -0.2) is 50.1 Å². The predicted molar refractivity (Wildman–Crippen MR) is 240 cm³/mol. The van der Waals surface area contributed by atoms with Gasteiger partial charge in [-0.3, -0.25) is 14.4 Å². The number of carbonyl (C=O) groups excluding carboxylic acids is 3. The van der Waals surface area contributed by atoms with Gasteiger partial charge in [-0.2, -0.15) is 0 Å². The first-order valence-corrected chi connectivity index (χ1v) is 24.8. The molecule has 0 aliphatic carbocycles. The molecule has 0 fully saturated rings. The van der Waals surface area contributed by atoms with Gasteiger partial charge in [0.05, 0.1) is 0 Å². The van der Waals surface area contributed by atoms with Crippen LogP contribution >= 0.6 is 149 Å². The normalized spacial score (nSPS) is 9.20. The molecule has 0 spiro atoms. The lowest BCUT2D eigenvalue weighted by atomic mass is 10.0. The summed E-state index contributed by atoms with van der Waals surface area (Å²) in [6, 6.07) is 13.9. The summed E-state index contributed by atoms with van der Waals surface area (Å²) in [7, 11) is 14.8. The number of benzene rings is 3. The number of hydrogen-bond donors (Lipinski definition) is 0. The smallest absolute Gasteiger partial charge is 0.294 e. The Hall–Kier alpha value is 0.892. The third-order valence-electron chi connectivity index (χ3n) is 5.96. The number of thiocarbonyl (C=S) groups is 2. The first-order chi connectivity index (χ1) is 23.3. The van der Waals surface area contributed by atoms with Crippen molar-refractivity contribution in [3.05, 3.63) is 100 Å². The number of aryl methyl sites for hydroxylation is 5. The van der Waals surface area contributed by atoms with E-state index in [4.69, 9.17) is 76.6 Å². The number of halogens is 10. The summed E-state index contributed by atoms with van der Waals surface area (Å²) in [6.45, 7) is 12.1. The minimum atomic E-state index is -1.72. The summed E-state index contributed by atoms with van der Waals surface area (Å²) in [4.78, 5) is 32.9. The molecule has 0 saturated heterocycles. The van der Waals surface area contributed by atoms with Crippen LogP contribution in [-0.2, 0) is 4.79 Å². The highest BCUT2D eigenvalue weighted by Crippen LogP contribution is 2.25. The lowest BCUT2D eigenvalue weighted by Crippen LogP contribution is -2.03. The van der Waals surface area contributed by atoms with E-state index in [0.29, 0.717) is 30.5 Å². The summed E-state index contributed by atoms with van der Waals surface area (Å²) >= 11 is 37.6. The second-order valence-electron chi connectivity index (χ2n) is 9.85. The van der Waals surface area contributed by atoms with Crippen LogP contribution in [0.1, 0.15) is 73.4 Å². The second kappa shape index (κ2) is 33.2. The highest BCUT2D eigenvalue weighted by atomic mass is 79.9. The zero-order valence-corrected chi connectivity index (χ0v) is 41.0. The maximum Gasteiger partial charge on any atom is 0.643 e. The lowest BCUT2D eigenvalue weighted by molar-refractivity contribution is -0.111. The molecule has 0 atom stereocenters. The molecule has 3 rings (SSSR count). The maximum atomic E-state index is 11.6. The molecule has 3 aromatic rings. The molecule has 0 bridgehead atoms. The van der Waals surface area contributed by atoms with Gasteiger partial charge >= 0.3 is 11.4 Å². The van der Waals surface area contributed by atoms with Gasteiger partial charge in [0.25, 0.3) is 0 Å². The molecule has 16 heteroatoms. The van der Waals surface area contributed by atoms with Crippen LogP contribution in [0, 0.1) is 41.5 Å². The van der Waals surface area contributed by atoms with Crippen LogP contribution < -0.4 is 0 Å². The molecule has 0 aromatic heterocycles. The van der Waals surface area contributed by atoms with E-state index in [2.05, 4.69) is 104 Å². The van der Waals surface area contributed by atoms with Gasteiger partial charge in [0, 0.05) is 65.8 Å². The summed E-state index contributed by atoms with van der Waals surface area (Å²) in [5, 5.41) is -0.370. The van der Waals surface area contributed by atoms with Crippen molar-refractivity contribution in [2.45, 2.75) is 60.8 Å². The van der Waals surface area contributed by atoms with E-state index < -0.39 is 11.4 Å². The molecular weight excluding hydrogens is 1040 g/mol. The zero-order chi connectivity index (χ0) is 39.6. The summed E-state index contributed by atoms with van der Waals surface area (Å²) < 4.78 is 5.22. The Bertz CT molecular complexity index is 1500. The van der Waals surface area contributed by atoms with Crippen molar-refractivity contribution in [1.82, 2.24) is 0 Å². The summed E-state index contributed by atoms with van der Waals surface area (Å²) in [6.07, 6.45) is 1.07. The average Bonchev–Trinajstić information content (AvgIpc) is 3.02. The molecule has 0 heterocycles. The van der Waals surface area contributed by atoms with E-state index in [-0.39, 0.29) is 23.2 Å². The zero-order valence-electron chi connectivity index (χ0n) is 28.2. The standard InChI is InChI=1S/2C11H12BrClO.C8H9Br.C3H4Cl2O.CS2.Al.3ClH/c1-7-5-9(10(14)3-4-13)6-8(2)11(7)12;1-7-3-4-9(8(2)11(7)12)10(14)5-6-13;1-6-4-3-5-7(2)8(6)9;4-2-1-3(5)6;2-1-3;;;;/h5-6H,3-4H2,1-2H3;3-4H,5-6H2,1-2H3;3-5H,1-2H3;1-2H2;;;3*1H/q;;;;;+3;;;/p-3. The molecule has 3 nitrogen and oxygen atoms in total. The number of carbonyl (C=O) groups is 3. The number of hydrogen-bond acceptors (Lipinski definition) is 5. The van der Waals surface area contributed by atoms with Crippen molar-refractivity contribution in [2.24, 2.45) is 0 Å². The fourth-order valence-electron chi connectivity index (χ4n) is 3.55. The largest absolute Gasteiger partial charge is 0.643 e. The Morgan fingerprint density at radius 3 is 1.34 bits per heavy atom. The first kappa shape index (κ1) is 55.2.